The number of nitro groups is 1. The molecule has 0 fully saturated rings. The largest absolute Gasteiger partial charge is 0.350 e. The molecule has 0 aliphatic heterocycles. The van der Waals surface area contributed by atoms with Gasteiger partial charge >= 0.3 is 5.69 Å². The summed E-state index contributed by atoms with van der Waals surface area (Å²) in [6.07, 6.45) is 0. The van der Waals surface area contributed by atoms with Crippen LogP contribution >= 0.6 is 15.9 Å². The van der Waals surface area contributed by atoms with Crippen molar-refractivity contribution >= 4 is 38.7 Å². The van der Waals surface area contributed by atoms with Crippen LogP contribution in [0, 0.1) is 10.1 Å². The number of hydrogen-bond donors (Lipinski definition) is 3. The van der Waals surface area contributed by atoms with E-state index in [1.54, 1.807) is 18.2 Å². The number of hydrazine groups is 1. The summed E-state index contributed by atoms with van der Waals surface area (Å²) >= 11 is 3.34. The quantitative estimate of drug-likeness (QED) is 0.455. The Hall–Kier alpha value is -2.12. The molecular weight excluding hydrogens is 312 g/mol. The lowest BCUT2D eigenvalue weighted by Crippen LogP contribution is -2.10. The third kappa shape index (κ3) is 3.01. The topological polar surface area (TPSA) is 93.2 Å². The molecule has 0 aromatic heterocycles. The molecule has 0 saturated carbocycles. The first kappa shape index (κ1) is 13.3. The molecule has 6 nitrogen and oxygen atoms in total. The maximum absolute atomic E-state index is 11.1. The van der Waals surface area contributed by atoms with Gasteiger partial charge in [-0.25, -0.2) is 0 Å². The minimum Gasteiger partial charge on any atom is -0.350 e. The number of nitrogens with two attached hydrogens (primary N) is 1. The first-order valence-electron chi connectivity index (χ1n) is 5.38. The average molecular weight is 323 g/mol. The molecular formula is C12H11BrN4O2. The van der Waals surface area contributed by atoms with Crippen LogP contribution in [0.5, 0.6) is 0 Å². The second-order valence-corrected chi connectivity index (χ2v) is 4.65. The Labute approximate surface area is 117 Å². The van der Waals surface area contributed by atoms with Crippen molar-refractivity contribution in [2.24, 2.45) is 5.84 Å². The van der Waals surface area contributed by atoms with Crippen molar-refractivity contribution in [3.05, 3.63) is 57.1 Å². The summed E-state index contributed by atoms with van der Waals surface area (Å²) in [5.74, 6) is 5.29. The number of benzene rings is 2. The Morgan fingerprint density at radius 3 is 2.47 bits per heavy atom. The molecule has 0 bridgehead atoms. The molecule has 2 aromatic carbocycles. The van der Waals surface area contributed by atoms with Gasteiger partial charge in [-0.2, -0.15) is 0 Å². The number of para-hydroxylation sites is 1. The molecule has 4 N–H and O–H groups in total. The predicted octanol–water partition coefficient (Wildman–Crippen LogP) is 3.39. The lowest BCUT2D eigenvalue weighted by molar-refractivity contribution is -0.383. The second kappa shape index (κ2) is 5.68. The molecule has 0 radical (unpaired) electrons. The van der Waals surface area contributed by atoms with Crippen molar-refractivity contribution in [2.75, 3.05) is 10.7 Å². The summed E-state index contributed by atoms with van der Waals surface area (Å²) < 4.78 is 0.883. The fraction of sp³-hybridized carbons (Fsp3) is 0. The highest BCUT2D eigenvalue weighted by Crippen LogP contribution is 2.34. The van der Waals surface area contributed by atoms with E-state index in [0.717, 1.165) is 10.2 Å². The first-order valence-corrected chi connectivity index (χ1v) is 6.17. The molecule has 0 unspecified atom stereocenters. The van der Waals surface area contributed by atoms with Crippen LogP contribution in [-0.4, -0.2) is 4.92 Å². The van der Waals surface area contributed by atoms with Crippen molar-refractivity contribution in [2.45, 2.75) is 0 Å². The maximum atomic E-state index is 11.1. The Bertz CT molecular complexity index is 618. The second-order valence-electron chi connectivity index (χ2n) is 3.74. The highest BCUT2D eigenvalue weighted by molar-refractivity contribution is 9.10. The number of nitrogens with one attached hydrogen (secondary N) is 2. The van der Waals surface area contributed by atoms with Gasteiger partial charge in [-0.05, 0) is 30.3 Å². The summed E-state index contributed by atoms with van der Waals surface area (Å²) in [7, 11) is 0. The van der Waals surface area contributed by atoms with Crippen LogP contribution in [0.1, 0.15) is 0 Å². The van der Waals surface area contributed by atoms with Crippen LogP contribution in [0.25, 0.3) is 0 Å². The molecule has 19 heavy (non-hydrogen) atoms. The summed E-state index contributed by atoms with van der Waals surface area (Å²) in [5, 5.41) is 14.1. The van der Waals surface area contributed by atoms with Gasteiger partial charge in [0.2, 0.25) is 0 Å². The van der Waals surface area contributed by atoms with Crippen LogP contribution < -0.4 is 16.6 Å². The van der Waals surface area contributed by atoms with Gasteiger partial charge in [0, 0.05) is 10.2 Å². The zero-order valence-corrected chi connectivity index (χ0v) is 11.3. The van der Waals surface area contributed by atoms with Gasteiger partial charge < -0.3 is 10.7 Å². The number of halogens is 1. The smallest absolute Gasteiger partial charge is 0.316 e. The minimum absolute atomic E-state index is 0.0926. The van der Waals surface area contributed by atoms with Crippen molar-refractivity contribution in [1.29, 1.82) is 0 Å². The zero-order chi connectivity index (χ0) is 13.8. The lowest BCUT2D eigenvalue weighted by Gasteiger charge is -2.10. The predicted molar refractivity (Wildman–Crippen MR) is 78.3 cm³/mol. The standard InChI is InChI=1S/C12H11BrN4O2/c13-8-3-1-4-9(7-8)15-10-5-2-6-11(16-14)12(10)17(18)19/h1-7,15-16H,14H2. The van der Waals surface area contributed by atoms with Gasteiger partial charge in [-0.15, -0.1) is 0 Å². The number of hydrogen-bond acceptors (Lipinski definition) is 5. The van der Waals surface area contributed by atoms with Crippen molar-refractivity contribution in [3.63, 3.8) is 0 Å². The monoisotopic (exact) mass is 322 g/mol. The maximum Gasteiger partial charge on any atom is 0.316 e. The van der Waals surface area contributed by atoms with Gasteiger partial charge in [0.05, 0.1) is 4.92 Å². The normalized spacial score (nSPS) is 10.0. The minimum atomic E-state index is -0.477. The molecule has 0 amide bonds. The molecule has 2 aromatic rings. The fourth-order valence-electron chi connectivity index (χ4n) is 1.68. The molecule has 0 saturated heterocycles. The van der Waals surface area contributed by atoms with E-state index in [2.05, 4.69) is 26.7 Å². The van der Waals surface area contributed by atoms with E-state index in [9.17, 15) is 10.1 Å². The summed E-state index contributed by atoms with van der Waals surface area (Å²) in [6, 6.07) is 12.2. The zero-order valence-electron chi connectivity index (χ0n) is 9.76. The van der Waals surface area contributed by atoms with Crippen molar-refractivity contribution in [1.82, 2.24) is 0 Å². The van der Waals surface area contributed by atoms with Gasteiger partial charge in [-0.3, -0.25) is 16.0 Å². The highest BCUT2D eigenvalue weighted by atomic mass is 79.9. The number of anilines is 3. The van der Waals surface area contributed by atoms with Crippen LogP contribution in [0.15, 0.2) is 46.9 Å². The van der Waals surface area contributed by atoms with Crippen molar-refractivity contribution in [3.8, 4) is 0 Å². The number of nitrogen functional groups attached to an aromatic ring is 1. The Morgan fingerprint density at radius 1 is 1.16 bits per heavy atom. The van der Waals surface area contributed by atoms with Crippen LogP contribution in [0.4, 0.5) is 22.7 Å². The first-order chi connectivity index (χ1) is 9.11. The van der Waals surface area contributed by atoms with Gasteiger partial charge in [-0.1, -0.05) is 28.1 Å². The molecule has 0 aliphatic rings. The highest BCUT2D eigenvalue weighted by Gasteiger charge is 2.19. The van der Waals surface area contributed by atoms with E-state index in [1.807, 2.05) is 24.3 Å². The van der Waals surface area contributed by atoms with E-state index in [1.165, 1.54) is 0 Å². The van der Waals surface area contributed by atoms with E-state index in [4.69, 9.17) is 5.84 Å². The molecule has 0 heterocycles. The number of nitrogens with zero attached hydrogens (tertiary/aromatic N) is 1. The van der Waals surface area contributed by atoms with E-state index in [-0.39, 0.29) is 11.4 Å². The Morgan fingerprint density at radius 2 is 1.84 bits per heavy atom. The third-order valence-electron chi connectivity index (χ3n) is 2.48. The third-order valence-corrected chi connectivity index (χ3v) is 2.97. The summed E-state index contributed by atoms with van der Waals surface area (Å²) in [6.45, 7) is 0. The summed E-state index contributed by atoms with van der Waals surface area (Å²) in [4.78, 5) is 10.6. The van der Waals surface area contributed by atoms with Gasteiger partial charge in [0.1, 0.15) is 11.4 Å². The van der Waals surface area contributed by atoms with E-state index >= 15 is 0 Å². The molecule has 0 spiro atoms. The van der Waals surface area contributed by atoms with Crippen LogP contribution in [0.3, 0.4) is 0 Å². The Kier molecular flexibility index (Phi) is 3.98. The lowest BCUT2D eigenvalue weighted by atomic mass is 10.2. The SMILES string of the molecule is NNc1cccc(Nc2cccc(Br)c2)c1[N+](=O)[O-]. The summed E-state index contributed by atoms with van der Waals surface area (Å²) in [5.41, 5.74) is 3.60. The van der Waals surface area contributed by atoms with E-state index in [0.29, 0.717) is 5.69 Å². The van der Waals surface area contributed by atoms with Crippen molar-refractivity contribution < 1.29 is 4.92 Å². The van der Waals surface area contributed by atoms with Crippen LogP contribution in [0.2, 0.25) is 0 Å². The van der Waals surface area contributed by atoms with Gasteiger partial charge in [0.25, 0.3) is 0 Å². The molecule has 2 rings (SSSR count). The van der Waals surface area contributed by atoms with E-state index < -0.39 is 4.92 Å². The number of nitro benzene ring substituents is 1. The molecule has 0 aliphatic carbocycles. The average Bonchev–Trinajstić information content (AvgIpc) is 2.38. The fourth-order valence-corrected chi connectivity index (χ4v) is 2.08. The molecule has 7 heteroatoms. The Balaban J connectivity index is 2.42. The molecule has 98 valence electrons. The van der Waals surface area contributed by atoms with Gasteiger partial charge in [0.15, 0.2) is 0 Å². The molecule has 0 atom stereocenters. The number of rotatable bonds is 4. The van der Waals surface area contributed by atoms with Crippen LogP contribution in [-0.2, 0) is 0 Å².